The Labute approximate surface area is 78.2 Å². The van der Waals surface area contributed by atoms with Gasteiger partial charge < -0.3 is 10.3 Å². The van der Waals surface area contributed by atoms with Crippen LogP contribution in [0.1, 0.15) is 13.8 Å². The zero-order valence-corrected chi connectivity index (χ0v) is 8.26. The minimum absolute atomic E-state index is 0.811. The maximum atomic E-state index is 4.26. The first-order valence-corrected chi connectivity index (χ1v) is 4.52. The maximum Gasteiger partial charge on any atom is 0.200 e. The van der Waals surface area contributed by atoms with E-state index in [4.69, 9.17) is 0 Å². The fourth-order valence-electron chi connectivity index (χ4n) is 1.07. The van der Waals surface area contributed by atoms with Gasteiger partial charge in [-0.3, -0.25) is 0 Å². The average Bonchev–Trinajstić information content (AvgIpc) is 2.63. The van der Waals surface area contributed by atoms with Crippen LogP contribution in [0.25, 0.3) is 11.0 Å². The minimum atomic E-state index is 0.811. The quantitative estimate of drug-likeness (QED) is 0.703. The van der Waals surface area contributed by atoms with Gasteiger partial charge in [-0.25, -0.2) is 4.98 Å². The van der Waals surface area contributed by atoms with Crippen molar-refractivity contribution in [3.05, 3.63) is 24.3 Å². The van der Waals surface area contributed by atoms with Crippen LogP contribution in [0.3, 0.4) is 0 Å². The molecule has 70 valence electrons. The lowest BCUT2D eigenvalue weighted by Gasteiger charge is -1.86. The van der Waals surface area contributed by atoms with Crippen molar-refractivity contribution in [3.8, 4) is 0 Å². The molecule has 3 nitrogen and oxygen atoms in total. The van der Waals surface area contributed by atoms with Crippen molar-refractivity contribution in [2.45, 2.75) is 13.8 Å². The maximum absolute atomic E-state index is 4.26. The fourth-order valence-corrected chi connectivity index (χ4v) is 1.07. The Morgan fingerprint density at radius 1 is 1.23 bits per heavy atom. The monoisotopic (exact) mass is 177 g/mol. The standard InChI is InChI=1S/C8H9N3.C2H6/c1-9-8-10-6-4-2-3-5-7(6)11-8;1-2/h2-5H,1H3,(H2,9,10,11);1-2H3. The number of imidazole rings is 1. The summed E-state index contributed by atoms with van der Waals surface area (Å²) in [5.41, 5.74) is 2.06. The third-order valence-electron chi connectivity index (χ3n) is 1.63. The molecule has 2 aromatic rings. The molecule has 3 heteroatoms. The zero-order chi connectivity index (χ0) is 9.68. The van der Waals surface area contributed by atoms with Gasteiger partial charge in [-0.1, -0.05) is 26.0 Å². The van der Waals surface area contributed by atoms with Crippen LogP contribution in [-0.2, 0) is 0 Å². The van der Waals surface area contributed by atoms with Gasteiger partial charge in [0.15, 0.2) is 0 Å². The summed E-state index contributed by atoms with van der Waals surface area (Å²) in [6.45, 7) is 4.00. The number of anilines is 1. The van der Waals surface area contributed by atoms with Gasteiger partial charge in [0.05, 0.1) is 11.0 Å². The van der Waals surface area contributed by atoms with Gasteiger partial charge in [-0.2, -0.15) is 0 Å². The van der Waals surface area contributed by atoms with Crippen molar-refractivity contribution >= 4 is 17.0 Å². The number of para-hydroxylation sites is 2. The molecular weight excluding hydrogens is 162 g/mol. The molecule has 0 atom stereocenters. The molecular formula is C10H15N3. The molecule has 0 aliphatic carbocycles. The average molecular weight is 177 g/mol. The molecule has 2 N–H and O–H groups in total. The first-order valence-electron chi connectivity index (χ1n) is 4.52. The van der Waals surface area contributed by atoms with E-state index in [1.165, 1.54) is 0 Å². The van der Waals surface area contributed by atoms with Crippen LogP contribution >= 0.6 is 0 Å². The summed E-state index contributed by atoms with van der Waals surface area (Å²) in [4.78, 5) is 7.39. The molecule has 2 rings (SSSR count). The summed E-state index contributed by atoms with van der Waals surface area (Å²) in [5.74, 6) is 0.811. The van der Waals surface area contributed by atoms with Gasteiger partial charge in [0.1, 0.15) is 0 Å². The van der Waals surface area contributed by atoms with E-state index in [9.17, 15) is 0 Å². The predicted molar refractivity (Wildman–Crippen MR) is 57.0 cm³/mol. The number of nitrogens with zero attached hydrogens (tertiary/aromatic N) is 1. The van der Waals surface area contributed by atoms with Gasteiger partial charge in [0, 0.05) is 7.05 Å². The second-order valence-electron chi connectivity index (χ2n) is 2.35. The number of H-pyrrole nitrogens is 1. The highest BCUT2D eigenvalue weighted by Crippen LogP contribution is 2.11. The number of rotatable bonds is 1. The van der Waals surface area contributed by atoms with Crippen molar-refractivity contribution in [1.82, 2.24) is 9.97 Å². The first-order chi connectivity index (χ1) is 6.40. The van der Waals surface area contributed by atoms with Gasteiger partial charge in [-0.15, -0.1) is 0 Å². The molecule has 1 aromatic carbocycles. The number of hydrogen-bond acceptors (Lipinski definition) is 2. The topological polar surface area (TPSA) is 40.7 Å². The molecule has 0 aliphatic rings. The molecule has 0 saturated carbocycles. The van der Waals surface area contributed by atoms with E-state index in [1.807, 2.05) is 45.2 Å². The van der Waals surface area contributed by atoms with Crippen LogP contribution in [0, 0.1) is 0 Å². The van der Waals surface area contributed by atoms with Crippen LogP contribution in [0.2, 0.25) is 0 Å². The molecule has 0 radical (unpaired) electrons. The van der Waals surface area contributed by atoms with E-state index in [-0.39, 0.29) is 0 Å². The lowest BCUT2D eigenvalue weighted by molar-refractivity contribution is 1.28. The Morgan fingerprint density at radius 2 is 1.92 bits per heavy atom. The number of nitrogens with one attached hydrogen (secondary N) is 2. The second-order valence-corrected chi connectivity index (χ2v) is 2.35. The van der Waals surface area contributed by atoms with E-state index in [0.717, 1.165) is 17.0 Å². The van der Waals surface area contributed by atoms with E-state index >= 15 is 0 Å². The Kier molecular flexibility index (Phi) is 3.31. The largest absolute Gasteiger partial charge is 0.359 e. The van der Waals surface area contributed by atoms with Gasteiger partial charge in [-0.05, 0) is 12.1 Å². The van der Waals surface area contributed by atoms with Gasteiger partial charge in [0.2, 0.25) is 5.95 Å². The van der Waals surface area contributed by atoms with Crippen LogP contribution in [-0.4, -0.2) is 17.0 Å². The molecule has 0 bridgehead atoms. The van der Waals surface area contributed by atoms with Crippen molar-refractivity contribution in [1.29, 1.82) is 0 Å². The Hall–Kier alpha value is -1.51. The highest BCUT2D eigenvalue weighted by molar-refractivity contribution is 5.77. The third-order valence-corrected chi connectivity index (χ3v) is 1.63. The molecule has 1 heterocycles. The minimum Gasteiger partial charge on any atom is -0.359 e. The molecule has 0 spiro atoms. The van der Waals surface area contributed by atoms with Crippen molar-refractivity contribution in [2.75, 3.05) is 12.4 Å². The smallest absolute Gasteiger partial charge is 0.200 e. The lowest BCUT2D eigenvalue weighted by atomic mass is 10.3. The van der Waals surface area contributed by atoms with Crippen LogP contribution in [0.15, 0.2) is 24.3 Å². The number of fused-ring (bicyclic) bond motifs is 1. The number of benzene rings is 1. The van der Waals surface area contributed by atoms with Crippen LogP contribution in [0.4, 0.5) is 5.95 Å². The Morgan fingerprint density at radius 3 is 2.54 bits per heavy atom. The van der Waals surface area contributed by atoms with Gasteiger partial charge >= 0.3 is 0 Å². The Balaban J connectivity index is 0.000000396. The summed E-state index contributed by atoms with van der Waals surface area (Å²) in [6.07, 6.45) is 0. The zero-order valence-electron chi connectivity index (χ0n) is 8.26. The predicted octanol–water partition coefficient (Wildman–Crippen LogP) is 2.63. The molecule has 13 heavy (non-hydrogen) atoms. The highest BCUT2D eigenvalue weighted by atomic mass is 15.1. The molecule has 0 aliphatic heterocycles. The molecule has 0 fully saturated rings. The third kappa shape index (κ3) is 1.99. The van der Waals surface area contributed by atoms with E-state index in [2.05, 4.69) is 15.3 Å². The summed E-state index contributed by atoms with van der Waals surface area (Å²) >= 11 is 0. The highest BCUT2D eigenvalue weighted by Gasteiger charge is 1.96. The molecule has 0 amide bonds. The SMILES string of the molecule is CC.CNc1nc2ccccc2[nH]1. The normalized spacial score (nSPS) is 9.15. The van der Waals surface area contributed by atoms with Gasteiger partial charge in [0.25, 0.3) is 0 Å². The second kappa shape index (κ2) is 4.50. The number of hydrogen-bond donors (Lipinski definition) is 2. The first kappa shape index (κ1) is 9.58. The van der Waals surface area contributed by atoms with E-state index < -0.39 is 0 Å². The number of aromatic amines is 1. The summed E-state index contributed by atoms with van der Waals surface area (Å²) < 4.78 is 0. The summed E-state index contributed by atoms with van der Waals surface area (Å²) in [7, 11) is 1.84. The summed E-state index contributed by atoms with van der Waals surface area (Å²) in [6, 6.07) is 7.94. The van der Waals surface area contributed by atoms with Crippen molar-refractivity contribution < 1.29 is 0 Å². The van der Waals surface area contributed by atoms with Crippen LogP contribution < -0.4 is 5.32 Å². The molecule has 0 saturated heterocycles. The molecule has 1 aromatic heterocycles. The van der Waals surface area contributed by atoms with Crippen molar-refractivity contribution in [2.24, 2.45) is 0 Å². The lowest BCUT2D eigenvalue weighted by Crippen LogP contribution is -1.88. The summed E-state index contributed by atoms with van der Waals surface area (Å²) in [5, 5.41) is 2.95. The number of aromatic nitrogens is 2. The fraction of sp³-hybridized carbons (Fsp3) is 0.300. The van der Waals surface area contributed by atoms with E-state index in [0.29, 0.717) is 0 Å². The van der Waals surface area contributed by atoms with E-state index in [1.54, 1.807) is 0 Å². The molecule has 0 unspecified atom stereocenters. The Bertz CT molecular complexity index is 332. The van der Waals surface area contributed by atoms with Crippen molar-refractivity contribution in [3.63, 3.8) is 0 Å². The van der Waals surface area contributed by atoms with Crippen LogP contribution in [0.5, 0.6) is 0 Å².